The third kappa shape index (κ3) is 4.85. The zero-order chi connectivity index (χ0) is 20.2. The highest BCUT2D eigenvalue weighted by Crippen LogP contribution is 2.24. The molecule has 2 N–H and O–H groups in total. The molecule has 1 aliphatic rings. The number of benzene rings is 1. The monoisotopic (exact) mass is 398 g/mol. The summed E-state index contributed by atoms with van der Waals surface area (Å²) >= 11 is 0. The molecule has 1 aromatic carbocycles. The molecule has 2 rings (SSSR count). The lowest BCUT2D eigenvalue weighted by Gasteiger charge is -2.27. The Labute approximate surface area is 159 Å². The Hall–Kier alpha value is -1.97. The van der Waals surface area contributed by atoms with Crippen LogP contribution in [0.2, 0.25) is 0 Å². The lowest BCUT2D eigenvalue weighted by atomic mass is 9.94. The summed E-state index contributed by atoms with van der Waals surface area (Å²) in [5, 5.41) is 11.7. The highest BCUT2D eigenvalue weighted by atomic mass is 32.2. The zero-order valence-electron chi connectivity index (χ0n) is 15.8. The standard InChI is InChI=1S/C18H26N2O6S/c1-4-13-5-6-14(16(21)19-12-18(2,3)17(22)23)11-15(13)27(24,25)20-7-9-26-10-8-20/h5-6,11H,4,7-10,12H2,1-3H3,(H,19,21)(H,22,23). The van der Waals surface area contributed by atoms with Crippen LogP contribution in [0, 0.1) is 5.41 Å². The Morgan fingerprint density at radius 3 is 2.44 bits per heavy atom. The quantitative estimate of drug-likeness (QED) is 0.711. The Bertz CT molecular complexity index is 813. The average molecular weight is 398 g/mol. The molecule has 1 fully saturated rings. The second-order valence-corrected chi connectivity index (χ2v) is 8.97. The van der Waals surface area contributed by atoms with Gasteiger partial charge in [0.2, 0.25) is 10.0 Å². The number of aliphatic carboxylic acids is 1. The van der Waals surface area contributed by atoms with Gasteiger partial charge < -0.3 is 15.2 Å². The van der Waals surface area contributed by atoms with Gasteiger partial charge in [-0.25, -0.2) is 8.42 Å². The molecular weight excluding hydrogens is 372 g/mol. The molecule has 1 aromatic rings. The third-order valence-electron chi connectivity index (χ3n) is 4.57. The van der Waals surface area contributed by atoms with Crippen molar-refractivity contribution in [2.24, 2.45) is 5.41 Å². The molecule has 0 atom stereocenters. The van der Waals surface area contributed by atoms with Crippen molar-refractivity contribution in [2.45, 2.75) is 32.1 Å². The fourth-order valence-electron chi connectivity index (χ4n) is 2.63. The third-order valence-corrected chi connectivity index (χ3v) is 6.55. The van der Waals surface area contributed by atoms with Gasteiger partial charge in [0.15, 0.2) is 0 Å². The SMILES string of the molecule is CCc1ccc(C(=O)NCC(C)(C)C(=O)O)cc1S(=O)(=O)N1CCOCC1. The molecule has 0 bridgehead atoms. The van der Waals surface area contributed by atoms with Gasteiger partial charge in [-0.15, -0.1) is 0 Å². The largest absolute Gasteiger partial charge is 0.481 e. The summed E-state index contributed by atoms with van der Waals surface area (Å²) in [6.07, 6.45) is 0.507. The molecule has 9 heteroatoms. The number of carboxylic acid groups (broad SMARTS) is 1. The Kier molecular flexibility index (Phi) is 6.61. The number of rotatable bonds is 7. The predicted octanol–water partition coefficient (Wildman–Crippen LogP) is 1.11. The van der Waals surface area contributed by atoms with Crippen LogP contribution >= 0.6 is 0 Å². The number of morpholine rings is 1. The van der Waals surface area contributed by atoms with Crippen LogP contribution in [0.25, 0.3) is 0 Å². The Balaban J connectivity index is 2.29. The highest BCUT2D eigenvalue weighted by Gasteiger charge is 2.30. The van der Waals surface area contributed by atoms with Gasteiger partial charge >= 0.3 is 5.97 Å². The van der Waals surface area contributed by atoms with E-state index in [-0.39, 0.29) is 30.1 Å². The number of carboxylic acids is 1. The molecule has 1 saturated heterocycles. The predicted molar refractivity (Wildman–Crippen MR) is 99.1 cm³/mol. The maximum Gasteiger partial charge on any atom is 0.310 e. The van der Waals surface area contributed by atoms with Crippen LogP contribution < -0.4 is 5.32 Å². The van der Waals surface area contributed by atoms with E-state index in [4.69, 9.17) is 9.84 Å². The average Bonchev–Trinajstić information content (AvgIpc) is 2.66. The molecule has 0 saturated carbocycles. The lowest BCUT2D eigenvalue weighted by Crippen LogP contribution is -2.41. The van der Waals surface area contributed by atoms with Gasteiger partial charge in [-0.2, -0.15) is 4.31 Å². The zero-order valence-corrected chi connectivity index (χ0v) is 16.6. The summed E-state index contributed by atoms with van der Waals surface area (Å²) in [6, 6.07) is 4.55. The summed E-state index contributed by atoms with van der Waals surface area (Å²) in [6.45, 7) is 6.01. The number of aryl methyl sites for hydroxylation is 1. The summed E-state index contributed by atoms with van der Waals surface area (Å²) in [7, 11) is -3.74. The summed E-state index contributed by atoms with van der Waals surface area (Å²) < 4.78 is 32.6. The number of sulfonamides is 1. The molecule has 0 aromatic heterocycles. The Morgan fingerprint density at radius 2 is 1.89 bits per heavy atom. The van der Waals surface area contributed by atoms with Crippen LogP contribution in [-0.4, -0.2) is 62.6 Å². The maximum atomic E-state index is 13.0. The van der Waals surface area contributed by atoms with E-state index >= 15 is 0 Å². The molecule has 1 amide bonds. The smallest absolute Gasteiger partial charge is 0.310 e. The number of carbonyl (C=O) groups excluding carboxylic acids is 1. The van der Waals surface area contributed by atoms with Crippen molar-refractivity contribution in [1.29, 1.82) is 0 Å². The van der Waals surface area contributed by atoms with Crippen LogP contribution in [0.15, 0.2) is 23.1 Å². The lowest BCUT2D eigenvalue weighted by molar-refractivity contribution is -0.146. The summed E-state index contributed by atoms with van der Waals surface area (Å²) in [5.41, 5.74) is -0.314. The summed E-state index contributed by atoms with van der Waals surface area (Å²) in [4.78, 5) is 23.7. The normalized spacial score (nSPS) is 16.1. The van der Waals surface area contributed by atoms with Crippen molar-refractivity contribution >= 4 is 21.9 Å². The minimum Gasteiger partial charge on any atom is -0.481 e. The van der Waals surface area contributed by atoms with Gasteiger partial charge in [0.1, 0.15) is 0 Å². The molecule has 0 unspecified atom stereocenters. The van der Waals surface area contributed by atoms with Crippen molar-refractivity contribution in [3.63, 3.8) is 0 Å². The van der Waals surface area contributed by atoms with Crippen LogP contribution in [0.4, 0.5) is 0 Å². The van der Waals surface area contributed by atoms with E-state index in [9.17, 15) is 18.0 Å². The van der Waals surface area contributed by atoms with E-state index in [0.29, 0.717) is 25.2 Å². The van der Waals surface area contributed by atoms with Gasteiger partial charge in [-0.3, -0.25) is 9.59 Å². The van der Waals surface area contributed by atoms with Gasteiger partial charge in [-0.1, -0.05) is 13.0 Å². The first-order valence-corrected chi connectivity index (χ1v) is 10.3. The van der Waals surface area contributed by atoms with Crippen molar-refractivity contribution in [3.8, 4) is 0 Å². The van der Waals surface area contributed by atoms with Gasteiger partial charge in [0.25, 0.3) is 5.91 Å². The number of carbonyl (C=O) groups is 2. The molecule has 0 spiro atoms. The first kappa shape index (κ1) is 21.3. The fourth-order valence-corrected chi connectivity index (χ4v) is 4.36. The van der Waals surface area contributed by atoms with Crippen LogP contribution in [0.5, 0.6) is 0 Å². The second-order valence-electron chi connectivity index (χ2n) is 7.06. The molecular formula is C18H26N2O6S. The number of ether oxygens (including phenoxy) is 1. The molecule has 8 nitrogen and oxygen atoms in total. The van der Waals surface area contributed by atoms with Crippen molar-refractivity contribution in [3.05, 3.63) is 29.3 Å². The summed E-state index contributed by atoms with van der Waals surface area (Å²) in [5.74, 6) is -1.54. The highest BCUT2D eigenvalue weighted by molar-refractivity contribution is 7.89. The number of amides is 1. The van der Waals surface area contributed by atoms with Crippen LogP contribution in [0.1, 0.15) is 36.7 Å². The Morgan fingerprint density at radius 1 is 1.26 bits per heavy atom. The molecule has 0 radical (unpaired) electrons. The minimum absolute atomic E-state index is 0.0672. The van der Waals surface area contributed by atoms with Crippen LogP contribution in [-0.2, 0) is 26.0 Å². The number of hydrogen-bond donors (Lipinski definition) is 2. The molecule has 1 aliphatic heterocycles. The minimum atomic E-state index is -3.74. The maximum absolute atomic E-state index is 13.0. The van der Waals surface area contributed by atoms with Gasteiger partial charge in [0.05, 0.1) is 23.5 Å². The van der Waals surface area contributed by atoms with Gasteiger partial charge in [-0.05, 0) is 38.0 Å². The van der Waals surface area contributed by atoms with Crippen molar-refractivity contribution < 1.29 is 27.9 Å². The van der Waals surface area contributed by atoms with Crippen molar-refractivity contribution in [2.75, 3.05) is 32.8 Å². The van der Waals surface area contributed by atoms with E-state index < -0.39 is 27.3 Å². The first-order chi connectivity index (χ1) is 12.6. The van der Waals surface area contributed by atoms with Crippen LogP contribution in [0.3, 0.4) is 0 Å². The molecule has 1 heterocycles. The van der Waals surface area contributed by atoms with Gasteiger partial charge in [0, 0.05) is 25.2 Å². The molecule has 27 heavy (non-hydrogen) atoms. The van der Waals surface area contributed by atoms with E-state index in [1.54, 1.807) is 12.1 Å². The fraction of sp³-hybridized carbons (Fsp3) is 0.556. The van der Waals surface area contributed by atoms with Crippen molar-refractivity contribution in [1.82, 2.24) is 9.62 Å². The van der Waals surface area contributed by atoms with E-state index in [0.717, 1.165) is 0 Å². The van der Waals surface area contributed by atoms with E-state index in [1.165, 1.54) is 24.2 Å². The first-order valence-electron chi connectivity index (χ1n) is 8.82. The second kappa shape index (κ2) is 8.37. The number of hydrogen-bond acceptors (Lipinski definition) is 5. The molecule has 0 aliphatic carbocycles. The number of nitrogens with one attached hydrogen (secondary N) is 1. The van der Waals surface area contributed by atoms with E-state index in [2.05, 4.69) is 5.32 Å². The van der Waals surface area contributed by atoms with E-state index in [1.807, 2.05) is 6.92 Å². The number of nitrogens with zero attached hydrogens (tertiary/aromatic N) is 1. The topological polar surface area (TPSA) is 113 Å². The molecule has 150 valence electrons.